The van der Waals surface area contributed by atoms with Gasteiger partial charge in [-0.3, -0.25) is 9.59 Å². The second kappa shape index (κ2) is 10.8. The zero-order valence-corrected chi connectivity index (χ0v) is 22.6. The van der Waals surface area contributed by atoms with Crippen molar-refractivity contribution in [2.45, 2.75) is 70.4 Å². The van der Waals surface area contributed by atoms with Crippen LogP contribution in [0.2, 0.25) is 0 Å². The fourth-order valence-electron chi connectivity index (χ4n) is 5.36. The number of ether oxygens (including phenoxy) is 2. The third kappa shape index (κ3) is 4.65. The van der Waals surface area contributed by atoms with Crippen molar-refractivity contribution in [3.05, 3.63) is 63.4 Å². The van der Waals surface area contributed by atoms with Crippen LogP contribution in [-0.4, -0.2) is 46.0 Å². The van der Waals surface area contributed by atoms with Crippen LogP contribution in [0, 0.1) is 0 Å². The Bertz CT molecular complexity index is 1570. The largest absolute Gasteiger partial charge is 0.457 e. The fourth-order valence-corrected chi connectivity index (χ4v) is 5.36. The number of fused-ring (bicyclic) bond motifs is 5. The van der Waals surface area contributed by atoms with Gasteiger partial charge in [0.05, 0.1) is 35.1 Å². The number of benzene rings is 1. The van der Waals surface area contributed by atoms with E-state index in [1.54, 1.807) is 17.6 Å². The van der Waals surface area contributed by atoms with Gasteiger partial charge in [-0.25, -0.2) is 14.6 Å². The number of amides is 1. The van der Waals surface area contributed by atoms with Crippen LogP contribution in [0.5, 0.6) is 0 Å². The molecule has 3 atom stereocenters. The van der Waals surface area contributed by atoms with Gasteiger partial charge in [0.1, 0.15) is 12.6 Å². The van der Waals surface area contributed by atoms with E-state index in [1.165, 1.54) is 6.92 Å². The molecule has 11 nitrogen and oxygen atoms in total. The average molecular weight is 548 g/mol. The molecule has 2 aliphatic heterocycles. The maximum atomic E-state index is 13.7. The second-order valence-electron chi connectivity index (χ2n) is 10.3. The summed E-state index contributed by atoms with van der Waals surface area (Å²) >= 11 is 0. The van der Waals surface area contributed by atoms with Crippen LogP contribution >= 0.6 is 0 Å². The van der Waals surface area contributed by atoms with Gasteiger partial charge in [-0.05, 0) is 50.9 Å². The lowest BCUT2D eigenvalue weighted by atomic mass is 9.85. The number of rotatable bonds is 9. The van der Waals surface area contributed by atoms with Gasteiger partial charge in [-0.2, -0.15) is 0 Å². The molecule has 2 aromatic heterocycles. The maximum absolute atomic E-state index is 13.7. The van der Waals surface area contributed by atoms with Gasteiger partial charge >= 0.3 is 11.9 Å². The van der Waals surface area contributed by atoms with Gasteiger partial charge in [0.2, 0.25) is 11.5 Å². The minimum atomic E-state index is -1.86. The first-order valence-electron chi connectivity index (χ1n) is 13.5. The Kier molecular flexibility index (Phi) is 7.43. The third-order valence-electron chi connectivity index (χ3n) is 7.68. The fraction of sp³-hybridized carbons (Fsp3) is 0.414. The number of nitrogens with zero attached hydrogens (tertiary/aromatic N) is 2. The Labute approximate surface area is 230 Å². The summed E-state index contributed by atoms with van der Waals surface area (Å²) in [5.74, 6) is -2.13. The SMILES string of the molecule is CCC1(OC(=O)[C@H](C)NC(=O)[C@@H](N)CCCCN)C(=O)OCc2c1cc1n(c2=O)Cc2cc3ccccc3nc2-1. The minimum absolute atomic E-state index is 0.0186. The van der Waals surface area contributed by atoms with Gasteiger partial charge in [0.15, 0.2) is 0 Å². The molecule has 1 amide bonds. The van der Waals surface area contributed by atoms with Crippen molar-refractivity contribution in [1.82, 2.24) is 14.9 Å². The number of hydrogen-bond acceptors (Lipinski definition) is 9. The van der Waals surface area contributed by atoms with E-state index in [2.05, 4.69) is 5.32 Å². The zero-order valence-electron chi connectivity index (χ0n) is 22.6. The summed E-state index contributed by atoms with van der Waals surface area (Å²) in [4.78, 5) is 57.4. The van der Waals surface area contributed by atoms with Gasteiger partial charge in [-0.1, -0.05) is 31.5 Å². The lowest BCUT2D eigenvalue weighted by molar-refractivity contribution is -0.190. The molecule has 0 spiro atoms. The first-order valence-corrected chi connectivity index (χ1v) is 13.5. The summed E-state index contributed by atoms with van der Waals surface area (Å²) in [6, 6.07) is 9.47. The number of hydrogen-bond donors (Lipinski definition) is 3. The number of para-hydroxylation sites is 1. The molecule has 3 aromatic rings. The summed E-state index contributed by atoms with van der Waals surface area (Å²) < 4.78 is 12.8. The molecule has 210 valence electrons. The number of nitrogens with one attached hydrogen (secondary N) is 1. The molecule has 4 heterocycles. The van der Waals surface area contributed by atoms with E-state index in [9.17, 15) is 19.2 Å². The van der Waals surface area contributed by atoms with E-state index in [4.69, 9.17) is 25.9 Å². The monoisotopic (exact) mass is 547 g/mol. The average Bonchev–Trinajstić information content (AvgIpc) is 3.31. The van der Waals surface area contributed by atoms with Crippen LogP contribution in [-0.2, 0) is 42.6 Å². The predicted octanol–water partition coefficient (Wildman–Crippen LogP) is 1.59. The van der Waals surface area contributed by atoms with Crippen molar-refractivity contribution < 1.29 is 23.9 Å². The first kappa shape index (κ1) is 27.5. The molecule has 0 aliphatic carbocycles. The molecule has 0 fully saturated rings. The quantitative estimate of drug-likeness (QED) is 0.208. The molecule has 40 heavy (non-hydrogen) atoms. The molecule has 5 rings (SSSR count). The van der Waals surface area contributed by atoms with Crippen LogP contribution in [0.3, 0.4) is 0 Å². The van der Waals surface area contributed by atoms with Crippen molar-refractivity contribution >= 4 is 28.7 Å². The topological polar surface area (TPSA) is 169 Å². The molecule has 5 N–H and O–H groups in total. The highest BCUT2D eigenvalue weighted by Gasteiger charge is 2.51. The van der Waals surface area contributed by atoms with Crippen molar-refractivity contribution in [3.8, 4) is 11.4 Å². The van der Waals surface area contributed by atoms with Crippen LogP contribution in [0.4, 0.5) is 0 Å². The summed E-state index contributed by atoms with van der Waals surface area (Å²) in [5.41, 5.74) is 12.6. The lowest BCUT2D eigenvalue weighted by Crippen LogP contribution is -2.52. The van der Waals surface area contributed by atoms with E-state index in [0.29, 0.717) is 37.3 Å². The van der Waals surface area contributed by atoms with Crippen LogP contribution in [0.1, 0.15) is 56.2 Å². The Morgan fingerprint density at radius 1 is 1.23 bits per heavy atom. The highest BCUT2D eigenvalue weighted by molar-refractivity contribution is 5.91. The van der Waals surface area contributed by atoms with E-state index in [0.717, 1.165) is 22.9 Å². The molecule has 0 radical (unpaired) electrons. The van der Waals surface area contributed by atoms with Crippen LogP contribution in [0.25, 0.3) is 22.3 Å². The second-order valence-corrected chi connectivity index (χ2v) is 10.3. The Balaban J connectivity index is 1.47. The molecule has 0 bridgehead atoms. The van der Waals surface area contributed by atoms with Crippen molar-refractivity contribution in [2.24, 2.45) is 11.5 Å². The Morgan fingerprint density at radius 2 is 2.00 bits per heavy atom. The number of carbonyl (C=O) groups excluding carboxylic acids is 3. The number of carbonyl (C=O) groups is 3. The van der Waals surface area contributed by atoms with E-state index in [1.807, 2.05) is 30.3 Å². The normalized spacial score (nSPS) is 18.8. The molecule has 2 aliphatic rings. The van der Waals surface area contributed by atoms with Gasteiger partial charge in [0.25, 0.3) is 5.56 Å². The number of pyridine rings is 2. The maximum Gasteiger partial charge on any atom is 0.355 e. The van der Waals surface area contributed by atoms with E-state index < -0.39 is 35.5 Å². The standard InChI is InChI=1S/C29H33N5O6/c1-3-29(40-27(37)16(2)32-25(35)21(31)9-6-7-11-30)20-13-23-24-18(12-17-8-4-5-10-22(17)33-24)14-34(23)26(36)19(20)15-39-28(29)38/h4-5,8,10,12-13,16,21H,3,6-7,9,11,14-15,30-31H2,1-2H3,(H,32,35)/t16-,21-,29?/m0/s1. The number of nitrogens with two attached hydrogens (primary N) is 2. The summed E-state index contributed by atoms with van der Waals surface area (Å²) in [6.07, 6.45) is 1.85. The highest BCUT2D eigenvalue weighted by atomic mass is 16.6. The van der Waals surface area contributed by atoms with Gasteiger partial charge in [0, 0.05) is 16.5 Å². The summed E-state index contributed by atoms with van der Waals surface area (Å²) in [7, 11) is 0. The summed E-state index contributed by atoms with van der Waals surface area (Å²) in [6.45, 7) is 3.72. The highest BCUT2D eigenvalue weighted by Crippen LogP contribution is 2.41. The minimum Gasteiger partial charge on any atom is -0.457 e. The third-order valence-corrected chi connectivity index (χ3v) is 7.68. The number of esters is 2. The van der Waals surface area contributed by atoms with Crippen LogP contribution in [0.15, 0.2) is 41.2 Å². The van der Waals surface area contributed by atoms with Gasteiger partial charge in [-0.15, -0.1) is 0 Å². The smallest absolute Gasteiger partial charge is 0.355 e. The number of cyclic esters (lactones) is 1. The number of unbranched alkanes of at least 4 members (excludes halogenated alkanes) is 1. The molecular formula is C29H33N5O6. The van der Waals surface area contributed by atoms with E-state index >= 15 is 0 Å². The van der Waals surface area contributed by atoms with Crippen molar-refractivity contribution in [3.63, 3.8) is 0 Å². The molecule has 1 aromatic carbocycles. The molecule has 11 heteroatoms. The lowest BCUT2D eigenvalue weighted by Gasteiger charge is -2.36. The predicted molar refractivity (Wildman–Crippen MR) is 147 cm³/mol. The van der Waals surface area contributed by atoms with Gasteiger partial charge < -0.3 is 30.8 Å². The Hall–Kier alpha value is -4.09. The van der Waals surface area contributed by atoms with Crippen molar-refractivity contribution in [2.75, 3.05) is 6.54 Å². The first-order chi connectivity index (χ1) is 19.2. The number of aromatic nitrogens is 2. The summed E-state index contributed by atoms with van der Waals surface area (Å²) in [5, 5.41) is 3.52. The molecule has 0 saturated carbocycles. The van der Waals surface area contributed by atoms with Crippen LogP contribution < -0.4 is 22.3 Å². The molecule has 0 saturated heterocycles. The zero-order chi connectivity index (χ0) is 28.6. The van der Waals surface area contributed by atoms with Crippen molar-refractivity contribution in [1.29, 1.82) is 0 Å². The molecule has 1 unspecified atom stereocenters. The molecular weight excluding hydrogens is 514 g/mol. The van der Waals surface area contributed by atoms with E-state index in [-0.39, 0.29) is 29.7 Å². The Morgan fingerprint density at radius 3 is 2.75 bits per heavy atom.